The predicted octanol–water partition coefficient (Wildman–Crippen LogP) is 4.11. The van der Waals surface area contributed by atoms with Gasteiger partial charge in [0.15, 0.2) is 14.6 Å². The highest BCUT2D eigenvalue weighted by molar-refractivity contribution is 7.91. The average molecular weight is 501 g/mol. The zero-order chi connectivity index (χ0) is 22.8. The zero-order valence-corrected chi connectivity index (χ0v) is 19.7. The van der Waals surface area contributed by atoms with Crippen molar-refractivity contribution in [3.05, 3.63) is 56.8 Å². The van der Waals surface area contributed by atoms with E-state index < -0.39 is 21.7 Å². The summed E-state index contributed by atoms with van der Waals surface area (Å²) in [5.74, 6) is -1.28. The van der Waals surface area contributed by atoms with Crippen LogP contribution in [-0.2, 0) is 25.9 Å². The zero-order valence-electron chi connectivity index (χ0n) is 16.6. The summed E-state index contributed by atoms with van der Waals surface area (Å²) in [7, 11) is -3.48. The van der Waals surface area contributed by atoms with Crippen molar-refractivity contribution in [3.63, 3.8) is 0 Å². The van der Waals surface area contributed by atoms with Crippen molar-refractivity contribution in [2.24, 2.45) is 4.99 Å². The molecule has 0 aliphatic heterocycles. The number of esters is 1. The molecule has 0 spiro atoms. The third-order valence-corrected chi connectivity index (χ3v) is 7.91. The largest absolute Gasteiger partial charge is 0.465 e. The minimum absolute atomic E-state index is 0.0397. The first kappa shape index (κ1) is 23.5. The Hall–Kier alpha value is -2.20. The molecule has 0 saturated carbocycles. The number of benzene rings is 2. The van der Waals surface area contributed by atoms with Crippen LogP contribution in [0.2, 0.25) is 10.0 Å². The van der Waals surface area contributed by atoms with E-state index in [1.165, 1.54) is 35.8 Å². The molecule has 0 fully saturated rings. The van der Waals surface area contributed by atoms with Gasteiger partial charge in [0.25, 0.3) is 5.91 Å². The Morgan fingerprint density at radius 1 is 1.13 bits per heavy atom. The lowest BCUT2D eigenvalue weighted by atomic mass is 10.2. The second-order valence-electron chi connectivity index (χ2n) is 6.33. The molecule has 2 aromatic carbocycles. The molecule has 1 amide bonds. The number of hydrogen-bond donors (Lipinski definition) is 0. The predicted molar refractivity (Wildman–Crippen MR) is 121 cm³/mol. The van der Waals surface area contributed by atoms with E-state index >= 15 is 0 Å². The van der Waals surface area contributed by atoms with Crippen molar-refractivity contribution < 1.29 is 22.7 Å². The van der Waals surface area contributed by atoms with Gasteiger partial charge in [0.05, 0.1) is 37.5 Å². The molecule has 31 heavy (non-hydrogen) atoms. The molecule has 0 radical (unpaired) electrons. The van der Waals surface area contributed by atoms with Crippen molar-refractivity contribution in [3.8, 4) is 0 Å². The van der Waals surface area contributed by atoms with Crippen LogP contribution in [-0.4, -0.2) is 37.2 Å². The number of rotatable bonds is 6. The number of fused-ring (bicyclic) bond motifs is 1. The van der Waals surface area contributed by atoms with E-state index in [2.05, 4.69) is 4.99 Å². The molecule has 164 valence electrons. The van der Waals surface area contributed by atoms with Crippen LogP contribution in [0, 0.1) is 0 Å². The summed E-state index contributed by atoms with van der Waals surface area (Å²) in [5.41, 5.74) is 0.563. The maximum atomic E-state index is 12.8. The van der Waals surface area contributed by atoms with E-state index in [0.717, 1.165) is 11.3 Å². The minimum Gasteiger partial charge on any atom is -0.465 e. The third kappa shape index (κ3) is 5.01. The van der Waals surface area contributed by atoms with Gasteiger partial charge in [0.1, 0.15) is 6.54 Å². The number of nitrogens with zero attached hydrogens (tertiary/aromatic N) is 2. The third-order valence-electron chi connectivity index (χ3n) is 4.34. The average Bonchev–Trinajstić information content (AvgIpc) is 3.10. The van der Waals surface area contributed by atoms with Gasteiger partial charge in [-0.15, -0.1) is 0 Å². The quantitative estimate of drug-likeness (QED) is 0.474. The maximum absolute atomic E-state index is 12.8. The van der Waals surface area contributed by atoms with Crippen LogP contribution in [0.15, 0.2) is 46.3 Å². The Morgan fingerprint density at radius 3 is 2.52 bits per heavy atom. The highest BCUT2D eigenvalue weighted by atomic mass is 35.5. The lowest BCUT2D eigenvalue weighted by molar-refractivity contribution is -0.143. The van der Waals surface area contributed by atoms with Crippen molar-refractivity contribution >= 4 is 66.5 Å². The van der Waals surface area contributed by atoms with Crippen LogP contribution < -0.4 is 4.80 Å². The van der Waals surface area contributed by atoms with Gasteiger partial charge in [-0.25, -0.2) is 8.42 Å². The highest BCUT2D eigenvalue weighted by Crippen LogP contribution is 2.32. The van der Waals surface area contributed by atoms with Crippen molar-refractivity contribution in [1.29, 1.82) is 0 Å². The van der Waals surface area contributed by atoms with Crippen LogP contribution in [0.3, 0.4) is 0 Å². The van der Waals surface area contributed by atoms with Crippen LogP contribution in [0.25, 0.3) is 10.2 Å². The van der Waals surface area contributed by atoms with E-state index in [9.17, 15) is 18.0 Å². The number of halogens is 2. The smallest absolute Gasteiger partial charge is 0.326 e. The van der Waals surface area contributed by atoms with E-state index in [4.69, 9.17) is 27.9 Å². The maximum Gasteiger partial charge on any atom is 0.326 e. The fraction of sp³-hybridized carbons (Fsp3) is 0.250. The van der Waals surface area contributed by atoms with Gasteiger partial charge in [-0.2, -0.15) is 4.99 Å². The number of sulfone groups is 1. The van der Waals surface area contributed by atoms with Crippen molar-refractivity contribution in [2.75, 3.05) is 12.4 Å². The van der Waals surface area contributed by atoms with E-state index in [-0.39, 0.29) is 34.2 Å². The summed E-state index contributed by atoms with van der Waals surface area (Å²) >= 11 is 13.7. The van der Waals surface area contributed by atoms with Gasteiger partial charge in [-0.3, -0.25) is 9.59 Å². The summed E-state index contributed by atoms with van der Waals surface area (Å²) in [6.07, 6.45) is 0. The molecule has 1 heterocycles. The lowest BCUT2D eigenvalue weighted by Crippen LogP contribution is -2.23. The Labute approximate surface area is 192 Å². The summed E-state index contributed by atoms with van der Waals surface area (Å²) in [4.78, 5) is 29.3. The number of thiazole rings is 1. The number of ether oxygens (including phenoxy) is 1. The van der Waals surface area contributed by atoms with Crippen LogP contribution in [0.1, 0.15) is 24.2 Å². The van der Waals surface area contributed by atoms with Gasteiger partial charge in [-0.1, -0.05) is 47.5 Å². The topological polar surface area (TPSA) is 94.8 Å². The molecule has 3 rings (SSSR count). The van der Waals surface area contributed by atoms with Gasteiger partial charge in [0.2, 0.25) is 0 Å². The second kappa shape index (κ2) is 9.52. The standard InChI is InChI=1S/C20H18Cl2N2O5S2/c1-3-29-16(25)11-24-17-14(21)8-9-15(22)18(17)30-20(24)23-19(26)12-6-5-7-13(10-12)31(27,28)4-2/h5-10H,3-4,11H2,1-2H3. The summed E-state index contributed by atoms with van der Waals surface area (Å²) < 4.78 is 31.3. The Balaban J connectivity index is 2.17. The molecule has 0 saturated heterocycles. The molecule has 7 nitrogen and oxygen atoms in total. The molecule has 0 unspecified atom stereocenters. The fourth-order valence-electron chi connectivity index (χ4n) is 2.82. The molecule has 0 aliphatic carbocycles. The molecular formula is C20H18Cl2N2O5S2. The SMILES string of the molecule is CCOC(=O)Cn1c(=NC(=O)c2cccc(S(=O)(=O)CC)c2)sc2c(Cl)ccc(Cl)c21. The minimum atomic E-state index is -3.48. The first-order valence-electron chi connectivity index (χ1n) is 9.22. The fourth-order valence-corrected chi connectivity index (χ4v) is 5.39. The van der Waals surface area contributed by atoms with Gasteiger partial charge >= 0.3 is 5.97 Å². The summed E-state index contributed by atoms with van der Waals surface area (Å²) in [5, 5.41) is 0.733. The van der Waals surface area contributed by atoms with Crippen molar-refractivity contribution in [1.82, 2.24) is 4.57 Å². The van der Waals surface area contributed by atoms with Crippen molar-refractivity contribution in [2.45, 2.75) is 25.3 Å². The molecular weight excluding hydrogens is 483 g/mol. The normalized spacial score (nSPS) is 12.3. The first-order chi connectivity index (χ1) is 14.7. The second-order valence-corrected chi connectivity index (χ2v) is 10.4. The number of amides is 1. The van der Waals surface area contributed by atoms with Gasteiger partial charge in [0, 0.05) is 5.56 Å². The molecule has 0 N–H and O–H groups in total. The Bertz CT molecular complexity index is 1340. The first-order valence-corrected chi connectivity index (χ1v) is 12.4. The Morgan fingerprint density at radius 2 is 1.84 bits per heavy atom. The Kier molecular flexibility index (Phi) is 7.20. The van der Waals surface area contributed by atoms with E-state index in [1.807, 2.05) is 0 Å². The molecule has 0 aliphatic rings. The number of hydrogen-bond acceptors (Lipinski definition) is 6. The number of aromatic nitrogens is 1. The molecule has 3 aromatic rings. The lowest BCUT2D eigenvalue weighted by Gasteiger charge is -2.06. The number of carbonyl (C=O) groups is 2. The summed E-state index contributed by atoms with van der Waals surface area (Å²) in [6.45, 7) is 3.19. The molecule has 1 aromatic heterocycles. The van der Waals surface area contributed by atoms with Gasteiger partial charge in [-0.05, 0) is 37.3 Å². The molecule has 11 heteroatoms. The highest BCUT2D eigenvalue weighted by Gasteiger charge is 2.18. The van der Waals surface area contributed by atoms with Crippen LogP contribution >= 0.6 is 34.5 Å². The molecule has 0 atom stereocenters. The summed E-state index contributed by atoms with van der Waals surface area (Å²) in [6, 6.07) is 8.87. The van der Waals surface area contributed by atoms with Gasteiger partial charge < -0.3 is 9.30 Å². The van der Waals surface area contributed by atoms with Crippen LogP contribution in [0.4, 0.5) is 0 Å². The number of carbonyl (C=O) groups excluding carboxylic acids is 2. The van der Waals surface area contributed by atoms with E-state index in [0.29, 0.717) is 20.3 Å². The molecule has 0 bridgehead atoms. The van der Waals surface area contributed by atoms with Crippen LogP contribution in [0.5, 0.6) is 0 Å². The monoisotopic (exact) mass is 500 g/mol. The van der Waals surface area contributed by atoms with E-state index in [1.54, 1.807) is 19.1 Å².